The number of fused-ring (bicyclic) bond motifs is 1. The Hall–Kier alpha value is -1.88. The van der Waals surface area contributed by atoms with Gasteiger partial charge in [0.2, 0.25) is 5.95 Å². The van der Waals surface area contributed by atoms with Crippen molar-refractivity contribution >= 4 is 33.0 Å². The first kappa shape index (κ1) is 10.3. The molecule has 0 spiro atoms. The molecule has 0 bridgehead atoms. The van der Waals surface area contributed by atoms with Crippen LogP contribution in [-0.2, 0) is 0 Å². The van der Waals surface area contributed by atoms with Crippen molar-refractivity contribution < 1.29 is 0 Å². The number of aromatic nitrogens is 3. The Morgan fingerprint density at radius 3 is 2.88 bits per heavy atom. The molecule has 0 saturated carbocycles. The minimum atomic E-state index is 0.441. The van der Waals surface area contributed by atoms with E-state index in [4.69, 9.17) is 5.73 Å². The average molecular weight is 289 g/mol. The van der Waals surface area contributed by atoms with Gasteiger partial charge in [-0.1, -0.05) is 22.0 Å². The quantitative estimate of drug-likeness (QED) is 0.749. The van der Waals surface area contributed by atoms with Gasteiger partial charge in [-0.15, -0.1) is 0 Å². The smallest absolute Gasteiger partial charge is 0.207 e. The molecule has 0 aliphatic carbocycles. The number of pyridine rings is 1. The second-order valence-corrected chi connectivity index (χ2v) is 4.55. The van der Waals surface area contributed by atoms with Gasteiger partial charge in [0.05, 0.1) is 5.69 Å². The summed E-state index contributed by atoms with van der Waals surface area (Å²) in [5, 5.41) is 0. The standard InChI is InChI=1S/C12H9BrN4/c13-8-3-1-4-9(7-8)17-11-10(16-12(17)14)5-2-6-15-11/h1-7H,(H2,14,16). The molecule has 0 radical (unpaired) electrons. The molecule has 0 saturated heterocycles. The summed E-state index contributed by atoms with van der Waals surface area (Å²) in [4.78, 5) is 8.60. The molecule has 1 aromatic carbocycles. The Bertz CT molecular complexity index is 690. The number of nitrogen functional groups attached to an aromatic ring is 1. The minimum Gasteiger partial charge on any atom is -0.369 e. The van der Waals surface area contributed by atoms with Crippen LogP contribution < -0.4 is 5.73 Å². The van der Waals surface area contributed by atoms with E-state index in [-0.39, 0.29) is 0 Å². The monoisotopic (exact) mass is 288 g/mol. The molecule has 84 valence electrons. The zero-order chi connectivity index (χ0) is 11.8. The molecular formula is C12H9BrN4. The van der Waals surface area contributed by atoms with E-state index in [1.807, 2.05) is 41.0 Å². The zero-order valence-corrected chi connectivity index (χ0v) is 10.4. The largest absolute Gasteiger partial charge is 0.369 e. The molecule has 0 unspecified atom stereocenters. The molecule has 4 nitrogen and oxygen atoms in total. The predicted molar refractivity (Wildman–Crippen MR) is 71.0 cm³/mol. The number of benzene rings is 1. The molecule has 0 fully saturated rings. The summed E-state index contributed by atoms with van der Waals surface area (Å²) >= 11 is 3.44. The van der Waals surface area contributed by atoms with Crippen molar-refractivity contribution in [2.45, 2.75) is 0 Å². The van der Waals surface area contributed by atoms with Crippen molar-refractivity contribution in [1.82, 2.24) is 14.5 Å². The number of anilines is 1. The molecule has 0 aliphatic rings. The SMILES string of the molecule is Nc1nc2cccnc2n1-c1cccc(Br)c1. The van der Waals surface area contributed by atoms with Crippen LogP contribution in [-0.4, -0.2) is 14.5 Å². The normalized spacial score (nSPS) is 10.9. The topological polar surface area (TPSA) is 56.7 Å². The van der Waals surface area contributed by atoms with E-state index >= 15 is 0 Å². The van der Waals surface area contributed by atoms with Crippen LogP contribution in [0.5, 0.6) is 0 Å². The van der Waals surface area contributed by atoms with Crippen LogP contribution >= 0.6 is 15.9 Å². The van der Waals surface area contributed by atoms with Gasteiger partial charge >= 0.3 is 0 Å². The minimum absolute atomic E-state index is 0.441. The molecule has 5 heteroatoms. The summed E-state index contributed by atoms with van der Waals surface area (Å²) in [6, 6.07) is 11.6. The predicted octanol–water partition coefficient (Wildman–Crippen LogP) is 2.77. The molecular weight excluding hydrogens is 280 g/mol. The fraction of sp³-hybridized carbons (Fsp3) is 0. The molecule has 0 amide bonds. The third kappa shape index (κ3) is 1.68. The van der Waals surface area contributed by atoms with Gasteiger partial charge in [-0.05, 0) is 30.3 Å². The van der Waals surface area contributed by atoms with Crippen molar-refractivity contribution in [2.24, 2.45) is 0 Å². The van der Waals surface area contributed by atoms with Gasteiger partial charge in [-0.2, -0.15) is 0 Å². The van der Waals surface area contributed by atoms with Gasteiger partial charge < -0.3 is 5.73 Å². The highest BCUT2D eigenvalue weighted by atomic mass is 79.9. The van der Waals surface area contributed by atoms with Crippen molar-refractivity contribution in [1.29, 1.82) is 0 Å². The molecule has 3 aromatic rings. The Balaban J connectivity index is 2.33. The lowest BCUT2D eigenvalue weighted by Crippen LogP contribution is -2.01. The van der Waals surface area contributed by atoms with Crippen molar-refractivity contribution in [3.63, 3.8) is 0 Å². The molecule has 3 rings (SSSR count). The Kier molecular flexibility index (Phi) is 2.33. The Morgan fingerprint density at radius 2 is 2.06 bits per heavy atom. The molecule has 17 heavy (non-hydrogen) atoms. The fourth-order valence-electron chi connectivity index (χ4n) is 1.80. The highest BCUT2D eigenvalue weighted by Crippen LogP contribution is 2.23. The van der Waals surface area contributed by atoms with Gasteiger partial charge in [0.15, 0.2) is 5.65 Å². The first-order chi connectivity index (χ1) is 8.25. The van der Waals surface area contributed by atoms with E-state index in [0.717, 1.165) is 21.3 Å². The van der Waals surface area contributed by atoms with Crippen LogP contribution in [0.2, 0.25) is 0 Å². The number of imidazole rings is 1. The van der Waals surface area contributed by atoms with Crippen LogP contribution in [0.15, 0.2) is 47.1 Å². The maximum Gasteiger partial charge on any atom is 0.207 e. The van der Waals surface area contributed by atoms with E-state index in [1.54, 1.807) is 6.20 Å². The van der Waals surface area contributed by atoms with Crippen molar-refractivity contribution in [3.8, 4) is 5.69 Å². The Morgan fingerprint density at radius 1 is 1.18 bits per heavy atom. The molecule has 2 N–H and O–H groups in total. The molecule has 0 aliphatic heterocycles. The number of nitrogens with two attached hydrogens (primary N) is 1. The summed E-state index contributed by atoms with van der Waals surface area (Å²) in [5.74, 6) is 0.441. The van der Waals surface area contributed by atoms with E-state index in [0.29, 0.717) is 5.95 Å². The number of halogens is 1. The summed E-state index contributed by atoms with van der Waals surface area (Å²) in [6.07, 6.45) is 1.73. The van der Waals surface area contributed by atoms with Gasteiger partial charge in [0.25, 0.3) is 0 Å². The summed E-state index contributed by atoms with van der Waals surface area (Å²) in [6.45, 7) is 0. The fourth-order valence-corrected chi connectivity index (χ4v) is 2.19. The summed E-state index contributed by atoms with van der Waals surface area (Å²) in [5.41, 5.74) is 8.44. The van der Waals surface area contributed by atoms with Gasteiger partial charge in [-0.3, -0.25) is 4.57 Å². The third-order valence-electron chi connectivity index (χ3n) is 2.51. The average Bonchev–Trinajstić information content (AvgIpc) is 2.64. The highest BCUT2D eigenvalue weighted by molar-refractivity contribution is 9.10. The lowest BCUT2D eigenvalue weighted by molar-refractivity contribution is 1.08. The lowest BCUT2D eigenvalue weighted by Gasteiger charge is -2.05. The van der Waals surface area contributed by atoms with Gasteiger partial charge in [0.1, 0.15) is 5.52 Å². The first-order valence-corrected chi connectivity index (χ1v) is 5.90. The maximum absolute atomic E-state index is 5.93. The van der Waals surface area contributed by atoms with E-state index in [2.05, 4.69) is 25.9 Å². The number of hydrogen-bond donors (Lipinski definition) is 1. The van der Waals surface area contributed by atoms with Crippen LogP contribution in [0.3, 0.4) is 0 Å². The molecule has 0 atom stereocenters. The van der Waals surface area contributed by atoms with E-state index in [1.165, 1.54) is 0 Å². The van der Waals surface area contributed by atoms with Crippen molar-refractivity contribution in [2.75, 3.05) is 5.73 Å². The van der Waals surface area contributed by atoms with Crippen LogP contribution in [0, 0.1) is 0 Å². The van der Waals surface area contributed by atoms with Gasteiger partial charge in [-0.25, -0.2) is 9.97 Å². The van der Waals surface area contributed by atoms with E-state index < -0.39 is 0 Å². The van der Waals surface area contributed by atoms with E-state index in [9.17, 15) is 0 Å². The summed E-state index contributed by atoms with van der Waals surface area (Å²) < 4.78 is 2.83. The first-order valence-electron chi connectivity index (χ1n) is 5.10. The molecule has 2 heterocycles. The van der Waals surface area contributed by atoms with Gasteiger partial charge in [0, 0.05) is 10.7 Å². The van der Waals surface area contributed by atoms with Crippen LogP contribution in [0.1, 0.15) is 0 Å². The lowest BCUT2D eigenvalue weighted by atomic mass is 10.3. The second kappa shape index (κ2) is 3.85. The van der Waals surface area contributed by atoms with Crippen LogP contribution in [0.4, 0.5) is 5.95 Å². The number of rotatable bonds is 1. The Labute approximate surface area is 106 Å². The zero-order valence-electron chi connectivity index (χ0n) is 8.84. The van der Waals surface area contributed by atoms with Crippen LogP contribution in [0.25, 0.3) is 16.9 Å². The highest BCUT2D eigenvalue weighted by Gasteiger charge is 2.10. The maximum atomic E-state index is 5.93. The molecule has 2 aromatic heterocycles. The number of hydrogen-bond acceptors (Lipinski definition) is 3. The summed E-state index contributed by atoms with van der Waals surface area (Å²) in [7, 11) is 0. The number of nitrogens with zero attached hydrogens (tertiary/aromatic N) is 3. The van der Waals surface area contributed by atoms with Crippen molar-refractivity contribution in [3.05, 3.63) is 47.1 Å². The third-order valence-corrected chi connectivity index (χ3v) is 3.00. The second-order valence-electron chi connectivity index (χ2n) is 3.63.